The van der Waals surface area contributed by atoms with Gasteiger partial charge in [0.2, 0.25) is 5.91 Å². The standard InChI is InChI=1S/C41H43F6N9O4/c1-6-32(57)50-28-15-24(14-27(40(42,43)44)34(28)54-10-9-53(18-22(54)2)25-20-60-21-25)49-35-38(59)52(5)19-29(51-35)26-7-8-48-36(33(26)41(45,46)47)56-12-11-55-30(37(56)58)13-23-16-39(3,4)17-31(23)55/h6-8,13-15,19,22,25H,1,9-12,16-18,20-21H2,2-5H3,(H,49,51)(H,50,57)/t22-/m0/s1. The molecule has 3 aromatic heterocycles. The van der Waals surface area contributed by atoms with Gasteiger partial charge in [0.15, 0.2) is 5.82 Å². The number of hydrogen-bond acceptors (Lipinski definition) is 9. The van der Waals surface area contributed by atoms with Crippen molar-refractivity contribution in [3.63, 3.8) is 0 Å². The first-order valence-corrected chi connectivity index (χ1v) is 19.5. The van der Waals surface area contributed by atoms with E-state index in [4.69, 9.17) is 4.74 Å². The van der Waals surface area contributed by atoms with E-state index in [0.29, 0.717) is 26.3 Å². The summed E-state index contributed by atoms with van der Waals surface area (Å²) in [5, 5.41) is 5.08. The van der Waals surface area contributed by atoms with Gasteiger partial charge >= 0.3 is 12.4 Å². The fraction of sp³-hybridized carbons (Fsp3) is 0.439. The molecule has 0 saturated carbocycles. The van der Waals surface area contributed by atoms with Crippen molar-refractivity contribution in [2.45, 2.75) is 64.6 Å². The predicted octanol–water partition coefficient (Wildman–Crippen LogP) is 6.24. The number of carbonyl (C=O) groups is 2. The quantitative estimate of drug-likeness (QED) is 0.157. The third-order valence-corrected chi connectivity index (χ3v) is 11.6. The monoisotopic (exact) mass is 839 g/mol. The van der Waals surface area contributed by atoms with Gasteiger partial charge in [-0.3, -0.25) is 24.2 Å². The number of pyridine rings is 1. The van der Waals surface area contributed by atoms with Crippen molar-refractivity contribution in [1.82, 2.24) is 24.0 Å². The topological polar surface area (TPSA) is 130 Å². The number of carbonyl (C=O) groups excluding carboxylic acids is 2. The van der Waals surface area contributed by atoms with E-state index in [1.807, 2.05) is 4.57 Å². The van der Waals surface area contributed by atoms with Gasteiger partial charge in [0.05, 0.1) is 41.9 Å². The highest BCUT2D eigenvalue weighted by Crippen LogP contribution is 2.46. The first-order chi connectivity index (χ1) is 28.2. The van der Waals surface area contributed by atoms with Gasteiger partial charge in [-0.25, -0.2) is 9.97 Å². The Bertz CT molecular complexity index is 2470. The number of nitrogens with zero attached hydrogens (tertiary/aromatic N) is 7. The Hall–Kier alpha value is -5.69. The predicted molar refractivity (Wildman–Crippen MR) is 212 cm³/mol. The van der Waals surface area contributed by atoms with E-state index in [1.165, 1.54) is 13.1 Å². The maximum absolute atomic E-state index is 15.2. The second kappa shape index (κ2) is 14.8. The number of ether oxygens (including phenoxy) is 1. The fourth-order valence-corrected chi connectivity index (χ4v) is 8.81. The summed E-state index contributed by atoms with van der Waals surface area (Å²) in [6.45, 7) is 11.7. The number of aryl methyl sites for hydroxylation is 1. The number of fused-ring (bicyclic) bond motifs is 3. The van der Waals surface area contributed by atoms with E-state index < -0.39 is 64.1 Å². The summed E-state index contributed by atoms with van der Waals surface area (Å²) in [6.07, 6.45) is -5.51. The summed E-state index contributed by atoms with van der Waals surface area (Å²) in [6, 6.07) is 4.50. The molecule has 0 unspecified atom stereocenters. The van der Waals surface area contributed by atoms with Crippen LogP contribution in [-0.4, -0.2) is 87.3 Å². The van der Waals surface area contributed by atoms with Crippen LogP contribution in [0.4, 0.5) is 55.0 Å². The molecule has 4 aliphatic rings. The number of amides is 2. The van der Waals surface area contributed by atoms with Crippen molar-refractivity contribution >= 4 is 40.5 Å². The molecule has 2 amide bonds. The molecule has 60 heavy (non-hydrogen) atoms. The number of benzene rings is 1. The van der Waals surface area contributed by atoms with Crippen LogP contribution in [0.2, 0.25) is 0 Å². The van der Waals surface area contributed by atoms with E-state index in [2.05, 4.69) is 45.9 Å². The number of anilines is 5. The molecule has 13 nitrogen and oxygen atoms in total. The van der Waals surface area contributed by atoms with Crippen LogP contribution < -0.4 is 26.0 Å². The van der Waals surface area contributed by atoms with Crippen LogP contribution in [0.3, 0.4) is 0 Å². The Morgan fingerprint density at radius 2 is 1.77 bits per heavy atom. The van der Waals surface area contributed by atoms with Gasteiger partial charge in [0.25, 0.3) is 11.5 Å². The maximum atomic E-state index is 15.2. The molecular formula is C41H43F6N9O4. The van der Waals surface area contributed by atoms with Crippen LogP contribution in [0.5, 0.6) is 0 Å². The lowest BCUT2D eigenvalue weighted by Crippen LogP contribution is -2.60. The molecule has 19 heteroatoms. The fourth-order valence-electron chi connectivity index (χ4n) is 8.81. The summed E-state index contributed by atoms with van der Waals surface area (Å²) >= 11 is 0. The van der Waals surface area contributed by atoms with Gasteiger partial charge in [-0.05, 0) is 61.1 Å². The summed E-state index contributed by atoms with van der Waals surface area (Å²) in [5.41, 5.74) is -2.78. The lowest BCUT2D eigenvalue weighted by atomic mass is 9.90. The van der Waals surface area contributed by atoms with Crippen LogP contribution in [-0.2, 0) is 48.3 Å². The molecule has 1 aromatic carbocycles. The van der Waals surface area contributed by atoms with Crippen LogP contribution in [0.25, 0.3) is 11.3 Å². The van der Waals surface area contributed by atoms with Gasteiger partial charge in [-0.1, -0.05) is 20.4 Å². The highest BCUT2D eigenvalue weighted by atomic mass is 19.4. The molecule has 8 rings (SSSR count). The van der Waals surface area contributed by atoms with Gasteiger partial charge in [0.1, 0.15) is 17.1 Å². The Balaban J connectivity index is 1.18. The number of aromatic nitrogens is 4. The van der Waals surface area contributed by atoms with Gasteiger partial charge < -0.3 is 29.4 Å². The Kier molecular flexibility index (Phi) is 10.1. The van der Waals surface area contributed by atoms with E-state index in [1.54, 1.807) is 17.9 Å². The largest absolute Gasteiger partial charge is 0.420 e. The van der Waals surface area contributed by atoms with E-state index in [9.17, 15) is 14.4 Å². The van der Waals surface area contributed by atoms with Crippen molar-refractivity contribution in [3.05, 3.63) is 87.7 Å². The molecule has 3 aliphatic heterocycles. The smallest absolute Gasteiger partial charge is 0.378 e. The Morgan fingerprint density at radius 3 is 2.42 bits per heavy atom. The Labute approximate surface area is 340 Å². The van der Waals surface area contributed by atoms with E-state index in [-0.39, 0.29) is 59.5 Å². The highest BCUT2D eigenvalue weighted by Gasteiger charge is 2.44. The van der Waals surface area contributed by atoms with Crippen LogP contribution in [0.1, 0.15) is 53.6 Å². The first-order valence-electron chi connectivity index (χ1n) is 19.5. The van der Waals surface area contributed by atoms with Crippen LogP contribution >= 0.6 is 0 Å². The molecule has 6 heterocycles. The first kappa shape index (κ1) is 41.1. The third-order valence-electron chi connectivity index (χ3n) is 11.6. The van der Waals surface area contributed by atoms with Crippen LogP contribution in [0, 0.1) is 5.41 Å². The van der Waals surface area contributed by atoms with Crippen molar-refractivity contribution in [3.8, 4) is 11.3 Å². The average molecular weight is 840 g/mol. The highest BCUT2D eigenvalue weighted by molar-refractivity contribution is 6.06. The minimum Gasteiger partial charge on any atom is -0.378 e. The maximum Gasteiger partial charge on any atom is 0.420 e. The van der Waals surface area contributed by atoms with E-state index >= 15 is 26.3 Å². The molecule has 2 saturated heterocycles. The molecule has 0 radical (unpaired) electrons. The summed E-state index contributed by atoms with van der Waals surface area (Å²) in [5.74, 6) is -2.69. The van der Waals surface area contributed by atoms with Crippen molar-refractivity contribution < 1.29 is 40.7 Å². The van der Waals surface area contributed by atoms with Gasteiger partial charge in [-0.15, -0.1) is 0 Å². The number of piperazine rings is 1. The summed E-state index contributed by atoms with van der Waals surface area (Å²) < 4.78 is 98.8. The third kappa shape index (κ3) is 7.41. The Morgan fingerprint density at radius 1 is 1.02 bits per heavy atom. The van der Waals surface area contributed by atoms with E-state index in [0.717, 1.165) is 64.2 Å². The van der Waals surface area contributed by atoms with Gasteiger partial charge in [-0.2, -0.15) is 26.3 Å². The molecular weight excluding hydrogens is 796 g/mol. The molecule has 0 bridgehead atoms. The SMILES string of the molecule is C=CC(=O)Nc1cc(Nc2nc(-c3ccnc(N4CCn5c(cc6c5CC(C)(C)C6)C4=O)c3C(F)(F)F)cn(C)c2=O)cc(C(F)(F)F)c1N1CCN(C2COC2)C[C@@H]1C. The van der Waals surface area contributed by atoms with Crippen LogP contribution in [0.15, 0.2) is 54.1 Å². The average Bonchev–Trinajstić information content (AvgIpc) is 3.64. The minimum atomic E-state index is -5.07. The lowest BCUT2D eigenvalue weighted by molar-refractivity contribution is -0.137. The molecule has 2 N–H and O–H groups in total. The normalized spacial score (nSPS) is 19.5. The molecule has 318 valence electrons. The number of halogens is 6. The van der Waals surface area contributed by atoms with Crippen molar-refractivity contribution in [1.29, 1.82) is 0 Å². The van der Waals surface area contributed by atoms with Gasteiger partial charge in [0, 0.05) is 75.2 Å². The molecule has 0 spiro atoms. The lowest BCUT2D eigenvalue weighted by Gasteiger charge is -2.47. The molecule has 1 atom stereocenters. The van der Waals surface area contributed by atoms with Crippen molar-refractivity contribution in [2.24, 2.45) is 12.5 Å². The van der Waals surface area contributed by atoms with Crippen molar-refractivity contribution in [2.75, 3.05) is 59.8 Å². The summed E-state index contributed by atoms with van der Waals surface area (Å²) in [7, 11) is 1.26. The zero-order chi connectivity index (χ0) is 43.1. The number of rotatable bonds is 8. The molecule has 2 fully saturated rings. The number of alkyl halides is 6. The molecule has 4 aromatic rings. The molecule has 1 aliphatic carbocycles. The zero-order valence-corrected chi connectivity index (χ0v) is 33.3. The summed E-state index contributed by atoms with van der Waals surface area (Å²) in [4.78, 5) is 53.0. The number of nitrogens with one attached hydrogen (secondary N) is 2. The minimum absolute atomic E-state index is 0.00338. The number of hydrogen-bond donors (Lipinski definition) is 2. The zero-order valence-electron chi connectivity index (χ0n) is 33.3. The second-order valence-corrected chi connectivity index (χ2v) is 16.5. The second-order valence-electron chi connectivity index (χ2n) is 16.5.